The summed E-state index contributed by atoms with van der Waals surface area (Å²) in [4.78, 5) is 19.9. The SMILES string of the molecule is CC1=C(C(=O)Nc2ccc(Oc3ccc(F)cc3)cc2)C2CC(c3cncc(CN4CCC(F)(F)CC4)c3)=CC=C2N1. The number of nitrogens with zero attached hydrogens (tertiary/aromatic N) is 2. The molecule has 1 saturated heterocycles. The number of pyridine rings is 1. The third-order valence-electron chi connectivity index (χ3n) is 7.91. The number of halogens is 3. The number of allylic oxidation sites excluding steroid dienone is 5. The molecule has 0 saturated carbocycles. The van der Waals surface area contributed by atoms with Gasteiger partial charge in [0, 0.05) is 73.4 Å². The molecule has 2 aromatic carbocycles. The number of anilines is 1. The van der Waals surface area contributed by atoms with E-state index in [9.17, 15) is 18.0 Å². The average Bonchev–Trinajstić information content (AvgIpc) is 3.31. The third-order valence-corrected chi connectivity index (χ3v) is 7.91. The lowest BCUT2D eigenvalue weighted by molar-refractivity contribution is -0.113. The van der Waals surface area contributed by atoms with Crippen molar-refractivity contribution < 1.29 is 22.7 Å². The molecule has 1 unspecified atom stereocenters. The Morgan fingerprint density at radius 3 is 2.45 bits per heavy atom. The van der Waals surface area contributed by atoms with Crippen molar-refractivity contribution in [3.63, 3.8) is 0 Å². The van der Waals surface area contributed by atoms with Gasteiger partial charge in [-0.2, -0.15) is 0 Å². The lowest BCUT2D eigenvalue weighted by atomic mass is 9.84. The first-order valence-corrected chi connectivity index (χ1v) is 14.0. The molecule has 9 heteroatoms. The minimum absolute atomic E-state index is 0.113. The van der Waals surface area contributed by atoms with Gasteiger partial charge in [-0.05, 0) is 90.7 Å². The number of amides is 1. The molecule has 6 nitrogen and oxygen atoms in total. The summed E-state index contributed by atoms with van der Waals surface area (Å²) in [5.41, 5.74) is 6.10. The number of rotatable bonds is 7. The van der Waals surface area contributed by atoms with E-state index >= 15 is 0 Å². The van der Waals surface area contributed by atoms with Gasteiger partial charge in [0.05, 0.1) is 0 Å². The minimum atomic E-state index is -2.57. The number of alkyl halides is 2. The Labute approximate surface area is 242 Å². The number of carbonyl (C=O) groups excluding carboxylic acids is 1. The highest BCUT2D eigenvalue weighted by Crippen LogP contribution is 2.40. The largest absolute Gasteiger partial charge is 0.457 e. The highest BCUT2D eigenvalue weighted by molar-refractivity contribution is 6.06. The molecule has 0 radical (unpaired) electrons. The van der Waals surface area contributed by atoms with Crippen molar-refractivity contribution in [2.24, 2.45) is 5.92 Å². The van der Waals surface area contributed by atoms with Crippen LogP contribution in [0.2, 0.25) is 0 Å². The van der Waals surface area contributed by atoms with Gasteiger partial charge in [0.25, 0.3) is 11.8 Å². The van der Waals surface area contributed by atoms with E-state index in [1.54, 1.807) is 42.6 Å². The van der Waals surface area contributed by atoms with E-state index in [0.717, 1.165) is 28.1 Å². The molecule has 1 aliphatic carbocycles. The van der Waals surface area contributed by atoms with Gasteiger partial charge in [-0.25, -0.2) is 13.2 Å². The Morgan fingerprint density at radius 2 is 1.74 bits per heavy atom. The van der Waals surface area contributed by atoms with Crippen LogP contribution in [0.5, 0.6) is 11.5 Å². The zero-order chi connectivity index (χ0) is 29.3. The molecule has 1 fully saturated rings. The number of aromatic nitrogens is 1. The second kappa shape index (κ2) is 11.5. The average molecular weight is 573 g/mol. The topological polar surface area (TPSA) is 66.5 Å². The van der Waals surface area contributed by atoms with Crippen LogP contribution in [-0.4, -0.2) is 34.8 Å². The molecule has 3 aromatic rings. The smallest absolute Gasteiger partial charge is 0.254 e. The van der Waals surface area contributed by atoms with Crippen molar-refractivity contribution in [2.45, 2.75) is 38.7 Å². The fourth-order valence-corrected chi connectivity index (χ4v) is 5.67. The molecule has 3 aliphatic rings. The van der Waals surface area contributed by atoms with Gasteiger partial charge in [-0.3, -0.25) is 14.7 Å². The van der Waals surface area contributed by atoms with Crippen LogP contribution in [0.25, 0.3) is 5.57 Å². The maximum absolute atomic E-state index is 13.6. The monoisotopic (exact) mass is 572 g/mol. The van der Waals surface area contributed by atoms with Crippen molar-refractivity contribution in [1.29, 1.82) is 0 Å². The number of nitrogens with one attached hydrogen (secondary N) is 2. The third kappa shape index (κ3) is 6.26. The Bertz CT molecular complexity index is 1570. The van der Waals surface area contributed by atoms with Crippen LogP contribution in [0.3, 0.4) is 0 Å². The van der Waals surface area contributed by atoms with Gasteiger partial charge in [-0.15, -0.1) is 0 Å². The molecular formula is C33H31F3N4O2. The number of benzene rings is 2. The van der Waals surface area contributed by atoms with Crippen LogP contribution in [0.15, 0.2) is 96.1 Å². The normalized spacial score (nSPS) is 19.9. The fourth-order valence-electron chi connectivity index (χ4n) is 5.67. The van der Waals surface area contributed by atoms with E-state index in [-0.39, 0.29) is 30.5 Å². The van der Waals surface area contributed by atoms with Crippen molar-refractivity contribution in [3.8, 4) is 11.5 Å². The van der Waals surface area contributed by atoms with E-state index in [1.807, 2.05) is 24.1 Å². The highest BCUT2D eigenvalue weighted by Gasteiger charge is 2.35. The zero-order valence-corrected chi connectivity index (χ0v) is 23.2. The van der Waals surface area contributed by atoms with Crippen molar-refractivity contribution in [2.75, 3.05) is 18.4 Å². The van der Waals surface area contributed by atoms with E-state index in [4.69, 9.17) is 4.74 Å². The van der Waals surface area contributed by atoms with Gasteiger partial charge in [0.1, 0.15) is 17.3 Å². The zero-order valence-electron chi connectivity index (χ0n) is 23.2. The number of hydrogen-bond donors (Lipinski definition) is 2. The molecule has 216 valence electrons. The van der Waals surface area contributed by atoms with Crippen LogP contribution < -0.4 is 15.4 Å². The molecule has 6 rings (SSSR count). The first kappa shape index (κ1) is 27.8. The number of ether oxygens (including phenoxy) is 1. The van der Waals surface area contributed by atoms with Crippen LogP contribution in [0, 0.1) is 11.7 Å². The molecule has 0 bridgehead atoms. The summed E-state index contributed by atoms with van der Waals surface area (Å²) in [6.07, 6.45) is 8.06. The summed E-state index contributed by atoms with van der Waals surface area (Å²) in [7, 11) is 0. The number of fused-ring (bicyclic) bond motifs is 1. The first-order valence-electron chi connectivity index (χ1n) is 14.0. The molecule has 1 atom stereocenters. The van der Waals surface area contributed by atoms with Crippen LogP contribution in [-0.2, 0) is 11.3 Å². The highest BCUT2D eigenvalue weighted by atomic mass is 19.3. The van der Waals surface area contributed by atoms with Crippen LogP contribution >= 0.6 is 0 Å². The molecule has 0 spiro atoms. The molecule has 2 aliphatic heterocycles. The van der Waals surface area contributed by atoms with Crippen molar-refractivity contribution in [1.82, 2.24) is 15.2 Å². The first-order chi connectivity index (χ1) is 20.2. The van der Waals surface area contributed by atoms with Gasteiger partial charge in [-0.1, -0.05) is 6.08 Å². The Balaban J connectivity index is 1.10. The maximum Gasteiger partial charge on any atom is 0.254 e. The molecule has 3 heterocycles. The summed E-state index contributed by atoms with van der Waals surface area (Å²) in [5, 5.41) is 6.36. The lowest BCUT2D eigenvalue weighted by Gasteiger charge is -2.31. The molecule has 42 heavy (non-hydrogen) atoms. The summed E-state index contributed by atoms with van der Waals surface area (Å²) in [5.74, 6) is -2.13. The van der Waals surface area contributed by atoms with Crippen LogP contribution in [0.1, 0.15) is 37.3 Å². The Hall–Kier alpha value is -4.37. The van der Waals surface area contributed by atoms with E-state index < -0.39 is 5.92 Å². The van der Waals surface area contributed by atoms with E-state index in [1.165, 1.54) is 12.1 Å². The van der Waals surface area contributed by atoms with E-state index in [2.05, 4.69) is 27.8 Å². The second-order valence-corrected chi connectivity index (χ2v) is 11.0. The summed E-state index contributed by atoms with van der Waals surface area (Å²) in [6.45, 7) is 3.22. The number of piperidine rings is 1. The predicted octanol–water partition coefficient (Wildman–Crippen LogP) is 7.05. The lowest BCUT2D eigenvalue weighted by Crippen LogP contribution is -2.38. The number of likely N-dealkylation sites (tertiary alicyclic amines) is 1. The number of hydrogen-bond acceptors (Lipinski definition) is 5. The Kier molecular flexibility index (Phi) is 7.60. The standard InChI is InChI=1S/C33H31F3N4O2/c1-21-31(32(41)39-26-5-9-28(10-6-26)42-27-7-3-25(34)4-8-27)29-17-23(2-11-30(29)38-21)24-16-22(18-37-19-24)20-40-14-12-33(35,36)13-15-40/h2-11,16,18-19,29,38H,12-15,17,20H2,1H3,(H,39,41). The maximum atomic E-state index is 13.6. The van der Waals surface area contributed by atoms with Crippen molar-refractivity contribution >= 4 is 17.2 Å². The Morgan fingerprint density at radius 1 is 1.05 bits per heavy atom. The predicted molar refractivity (Wildman–Crippen MR) is 155 cm³/mol. The van der Waals surface area contributed by atoms with Gasteiger partial charge >= 0.3 is 0 Å². The fraction of sp³-hybridized carbons (Fsp3) is 0.273. The summed E-state index contributed by atoms with van der Waals surface area (Å²) >= 11 is 0. The molecule has 2 N–H and O–H groups in total. The second-order valence-electron chi connectivity index (χ2n) is 11.0. The molecular weight excluding hydrogens is 541 g/mol. The molecule has 1 aromatic heterocycles. The number of carbonyl (C=O) groups is 1. The quantitative estimate of drug-likeness (QED) is 0.318. The van der Waals surface area contributed by atoms with Crippen molar-refractivity contribution in [3.05, 3.63) is 113 Å². The van der Waals surface area contributed by atoms with E-state index in [0.29, 0.717) is 48.8 Å². The minimum Gasteiger partial charge on any atom is -0.457 e. The van der Waals surface area contributed by atoms with Gasteiger partial charge in [0.2, 0.25) is 0 Å². The van der Waals surface area contributed by atoms with Gasteiger partial charge < -0.3 is 15.4 Å². The van der Waals surface area contributed by atoms with Gasteiger partial charge in [0.15, 0.2) is 0 Å². The summed E-state index contributed by atoms with van der Waals surface area (Å²) in [6, 6.07) is 14.9. The summed E-state index contributed by atoms with van der Waals surface area (Å²) < 4.78 is 46.0. The molecule has 1 amide bonds. The van der Waals surface area contributed by atoms with Crippen LogP contribution in [0.4, 0.5) is 18.9 Å².